The second-order valence-electron chi connectivity index (χ2n) is 7.77. The van der Waals surface area contributed by atoms with Gasteiger partial charge in [0.05, 0.1) is 28.8 Å². The van der Waals surface area contributed by atoms with Gasteiger partial charge in [-0.25, -0.2) is 4.98 Å². The van der Waals surface area contributed by atoms with E-state index in [2.05, 4.69) is 34.1 Å². The summed E-state index contributed by atoms with van der Waals surface area (Å²) in [6, 6.07) is 17.7. The Morgan fingerprint density at radius 1 is 1.16 bits per heavy atom. The highest BCUT2D eigenvalue weighted by Crippen LogP contribution is 2.29. The molecule has 3 aromatic rings. The highest BCUT2D eigenvalue weighted by atomic mass is 32.1. The fourth-order valence-electron chi connectivity index (χ4n) is 3.86. The minimum atomic E-state index is -0.350. The van der Waals surface area contributed by atoms with Crippen LogP contribution in [0.3, 0.4) is 0 Å². The molecule has 162 valence electrons. The van der Waals surface area contributed by atoms with Gasteiger partial charge in [-0.1, -0.05) is 42.5 Å². The quantitative estimate of drug-likeness (QED) is 0.430. The second kappa shape index (κ2) is 10.00. The van der Waals surface area contributed by atoms with E-state index in [1.165, 1.54) is 5.56 Å². The van der Waals surface area contributed by atoms with Crippen molar-refractivity contribution in [3.63, 3.8) is 0 Å². The summed E-state index contributed by atoms with van der Waals surface area (Å²) in [6.07, 6.45) is 2.15. The van der Waals surface area contributed by atoms with Crippen LogP contribution in [0.15, 0.2) is 54.6 Å². The van der Waals surface area contributed by atoms with Gasteiger partial charge in [-0.2, -0.15) is 0 Å². The summed E-state index contributed by atoms with van der Waals surface area (Å²) >= 11 is 1.62. The van der Waals surface area contributed by atoms with E-state index in [4.69, 9.17) is 10.7 Å². The minimum Gasteiger partial charge on any atom is -0.351 e. The maximum Gasteiger partial charge on any atom is 0.237 e. The molecule has 2 amide bonds. The number of benzene rings is 2. The molecule has 0 aliphatic carbocycles. The molecule has 8 heteroatoms. The van der Waals surface area contributed by atoms with Crippen molar-refractivity contribution in [1.82, 2.24) is 20.9 Å². The fourth-order valence-corrected chi connectivity index (χ4v) is 4.91. The molecule has 0 saturated carbocycles. The molecule has 4 rings (SSSR count). The van der Waals surface area contributed by atoms with Crippen molar-refractivity contribution in [3.8, 4) is 0 Å². The van der Waals surface area contributed by atoms with Crippen LogP contribution in [0, 0.1) is 0 Å². The summed E-state index contributed by atoms with van der Waals surface area (Å²) in [7, 11) is 0. The minimum absolute atomic E-state index is 0.0491. The van der Waals surface area contributed by atoms with Crippen molar-refractivity contribution in [3.05, 3.63) is 65.2 Å². The lowest BCUT2D eigenvalue weighted by Crippen LogP contribution is -2.42. The lowest BCUT2D eigenvalue weighted by atomic mass is 10.0. The van der Waals surface area contributed by atoms with Crippen LogP contribution < -0.4 is 21.7 Å². The molecule has 7 nitrogen and oxygen atoms in total. The third kappa shape index (κ3) is 5.46. The van der Waals surface area contributed by atoms with Crippen LogP contribution >= 0.6 is 11.3 Å². The molecule has 3 atom stereocenters. The van der Waals surface area contributed by atoms with Crippen LogP contribution in [0.2, 0.25) is 0 Å². The maximum absolute atomic E-state index is 13.0. The highest BCUT2D eigenvalue weighted by molar-refractivity contribution is 7.18. The molecule has 2 heterocycles. The van der Waals surface area contributed by atoms with Crippen molar-refractivity contribution >= 4 is 33.4 Å². The molecule has 2 aromatic carbocycles. The molecule has 1 saturated heterocycles. The normalized spacial score (nSPS) is 19.3. The number of nitrogens with zero attached hydrogens (tertiary/aromatic N) is 1. The molecule has 31 heavy (non-hydrogen) atoms. The van der Waals surface area contributed by atoms with E-state index in [9.17, 15) is 9.59 Å². The molecule has 1 unspecified atom stereocenters. The molecule has 1 fully saturated rings. The van der Waals surface area contributed by atoms with Crippen molar-refractivity contribution in [2.24, 2.45) is 5.73 Å². The lowest BCUT2D eigenvalue weighted by molar-refractivity contribution is -0.124. The number of hydrogen-bond donors (Lipinski definition) is 4. The van der Waals surface area contributed by atoms with Gasteiger partial charge >= 0.3 is 0 Å². The van der Waals surface area contributed by atoms with Crippen molar-refractivity contribution in [2.75, 3.05) is 13.1 Å². The number of para-hydroxylation sites is 1. The van der Waals surface area contributed by atoms with Gasteiger partial charge in [-0.3, -0.25) is 9.59 Å². The molecular formula is C23H27N5O2S. The van der Waals surface area contributed by atoms with E-state index in [1.54, 1.807) is 11.3 Å². The molecule has 5 N–H and O–H groups in total. The molecule has 1 aliphatic rings. The molecule has 0 radical (unpaired) electrons. The molecule has 0 bridgehead atoms. The summed E-state index contributed by atoms with van der Waals surface area (Å²) in [4.78, 5) is 29.3. The zero-order valence-corrected chi connectivity index (χ0v) is 18.0. The number of thiazole rings is 1. The van der Waals surface area contributed by atoms with Crippen molar-refractivity contribution in [1.29, 1.82) is 0 Å². The highest BCUT2D eigenvalue weighted by Gasteiger charge is 2.31. The Bertz CT molecular complexity index is 1010. The molecule has 1 aliphatic heterocycles. The van der Waals surface area contributed by atoms with Gasteiger partial charge in [0.15, 0.2) is 0 Å². The van der Waals surface area contributed by atoms with E-state index in [1.807, 2.05) is 36.4 Å². The number of carbonyl (C=O) groups excluding carboxylic acids is 2. The Kier molecular flexibility index (Phi) is 6.91. The number of fused-ring (bicyclic) bond motifs is 1. The van der Waals surface area contributed by atoms with Gasteiger partial charge < -0.3 is 21.7 Å². The average Bonchev–Trinajstić information content (AvgIpc) is 3.44. The van der Waals surface area contributed by atoms with E-state index >= 15 is 0 Å². The third-order valence-corrected chi connectivity index (χ3v) is 6.64. The van der Waals surface area contributed by atoms with Gasteiger partial charge in [-0.05, 0) is 37.0 Å². The Hall–Kier alpha value is -2.81. The van der Waals surface area contributed by atoms with E-state index < -0.39 is 0 Å². The Labute approximate surface area is 185 Å². The fraction of sp³-hybridized carbons (Fsp3) is 0.348. The van der Waals surface area contributed by atoms with Crippen LogP contribution in [0.25, 0.3) is 10.2 Å². The average molecular weight is 438 g/mol. The smallest absolute Gasteiger partial charge is 0.237 e. The first-order valence-corrected chi connectivity index (χ1v) is 11.4. The molecule has 1 aromatic heterocycles. The van der Waals surface area contributed by atoms with Gasteiger partial charge in [0.2, 0.25) is 11.8 Å². The summed E-state index contributed by atoms with van der Waals surface area (Å²) in [5.41, 5.74) is 7.55. The molecule has 0 spiro atoms. The topological polar surface area (TPSA) is 109 Å². The predicted octanol–water partition coefficient (Wildman–Crippen LogP) is 1.89. The van der Waals surface area contributed by atoms with Crippen molar-refractivity contribution in [2.45, 2.75) is 37.4 Å². The summed E-state index contributed by atoms with van der Waals surface area (Å²) in [5.74, 6) is -0.273. The predicted molar refractivity (Wildman–Crippen MR) is 123 cm³/mol. The van der Waals surface area contributed by atoms with Crippen LogP contribution in [0.5, 0.6) is 0 Å². The lowest BCUT2D eigenvalue weighted by Gasteiger charge is -2.19. The standard InChI is InChI=1S/C23H27N5O2S/c24-13-21(29)26-16-12-19(25-14-16)22(30)27-18(11-10-15-6-2-1-3-7-15)23-28-17-8-4-5-9-20(17)31-23/h1-9,16,18-19,25H,10-14,24H2,(H,26,29)(H,27,30)/t16-,18?,19+/m1/s1. The molecular weight excluding hydrogens is 410 g/mol. The van der Waals surface area contributed by atoms with Gasteiger partial charge in [-0.15, -0.1) is 11.3 Å². The van der Waals surface area contributed by atoms with E-state index in [-0.39, 0.29) is 36.5 Å². The number of aryl methyl sites for hydroxylation is 1. The van der Waals surface area contributed by atoms with Crippen LogP contribution in [0.4, 0.5) is 0 Å². The zero-order valence-electron chi connectivity index (χ0n) is 17.2. The van der Waals surface area contributed by atoms with Crippen LogP contribution in [0.1, 0.15) is 29.5 Å². The van der Waals surface area contributed by atoms with Gasteiger partial charge in [0.25, 0.3) is 0 Å². The summed E-state index contributed by atoms with van der Waals surface area (Å²) in [5, 5.41) is 10.2. The van der Waals surface area contributed by atoms with Crippen LogP contribution in [-0.4, -0.2) is 42.0 Å². The second-order valence-corrected chi connectivity index (χ2v) is 8.83. The van der Waals surface area contributed by atoms with Crippen molar-refractivity contribution < 1.29 is 9.59 Å². The third-order valence-electron chi connectivity index (χ3n) is 5.49. The summed E-state index contributed by atoms with van der Waals surface area (Å²) < 4.78 is 1.11. The monoisotopic (exact) mass is 437 g/mol. The number of nitrogens with two attached hydrogens (primary N) is 1. The number of rotatable bonds is 8. The maximum atomic E-state index is 13.0. The SMILES string of the molecule is NCC(=O)N[C@H]1CN[C@H](C(=O)NC(CCc2ccccc2)c2nc3ccccc3s2)C1. The van der Waals surface area contributed by atoms with Gasteiger partial charge in [0, 0.05) is 12.6 Å². The number of nitrogens with one attached hydrogen (secondary N) is 3. The Morgan fingerprint density at radius 2 is 1.94 bits per heavy atom. The zero-order chi connectivity index (χ0) is 21.6. The summed E-state index contributed by atoms with van der Waals surface area (Å²) in [6.45, 7) is 0.506. The first-order chi connectivity index (χ1) is 15.1. The Morgan fingerprint density at radius 3 is 2.71 bits per heavy atom. The van der Waals surface area contributed by atoms with E-state index in [0.717, 1.165) is 28.1 Å². The number of aromatic nitrogens is 1. The number of hydrogen-bond acceptors (Lipinski definition) is 6. The van der Waals surface area contributed by atoms with Gasteiger partial charge in [0.1, 0.15) is 5.01 Å². The largest absolute Gasteiger partial charge is 0.351 e. The van der Waals surface area contributed by atoms with E-state index in [0.29, 0.717) is 13.0 Å². The number of carbonyl (C=O) groups is 2. The first kappa shape index (κ1) is 21.4. The number of amides is 2. The van der Waals surface area contributed by atoms with Crippen LogP contribution in [-0.2, 0) is 16.0 Å². The first-order valence-electron chi connectivity index (χ1n) is 10.5. The Balaban J connectivity index is 1.46.